The van der Waals surface area contributed by atoms with Crippen LogP contribution in [0.15, 0.2) is 36.4 Å². The molecule has 0 unspecified atom stereocenters. The highest BCUT2D eigenvalue weighted by Crippen LogP contribution is 2.31. The number of aromatic carboxylic acids is 1. The van der Waals surface area contributed by atoms with Crippen LogP contribution in [0.4, 0.5) is 8.78 Å². The van der Waals surface area contributed by atoms with Crippen molar-refractivity contribution in [1.29, 1.82) is 0 Å². The second kappa shape index (κ2) is 5.76. The maximum atomic E-state index is 14.0. The summed E-state index contributed by atoms with van der Waals surface area (Å²) in [6.45, 7) is 0. The largest absolute Gasteiger partial charge is 0.478 e. The summed E-state index contributed by atoms with van der Waals surface area (Å²) in [5.74, 6) is -3.13. The lowest BCUT2D eigenvalue weighted by molar-refractivity contribution is 0.0699. The number of halogens is 4. The highest BCUT2D eigenvalue weighted by atomic mass is 35.5. The van der Waals surface area contributed by atoms with Crippen molar-refractivity contribution in [2.75, 3.05) is 0 Å². The summed E-state index contributed by atoms with van der Waals surface area (Å²) in [4.78, 5) is 15.5. The Hall–Kier alpha value is -2.24. The minimum absolute atomic E-state index is 0.112. The van der Waals surface area contributed by atoms with Gasteiger partial charge in [-0.1, -0.05) is 29.3 Å². The summed E-state index contributed by atoms with van der Waals surface area (Å²) < 4.78 is 27.4. The average molecular weight is 354 g/mol. The van der Waals surface area contributed by atoms with Crippen LogP contribution in [0.1, 0.15) is 10.4 Å². The number of benzene rings is 2. The number of carbonyl (C=O) groups is 1. The number of fused-ring (bicyclic) bond motifs is 1. The van der Waals surface area contributed by atoms with Crippen molar-refractivity contribution in [3.8, 4) is 11.3 Å². The molecule has 3 aromatic rings. The Morgan fingerprint density at radius 1 is 1.04 bits per heavy atom. The summed E-state index contributed by atoms with van der Waals surface area (Å²) in [5, 5.41) is 9.78. The number of hydrogen-bond acceptors (Lipinski definition) is 2. The Labute approximate surface area is 139 Å². The second-order valence-corrected chi connectivity index (χ2v) is 5.59. The normalized spacial score (nSPS) is 11.0. The van der Waals surface area contributed by atoms with Gasteiger partial charge in [0, 0.05) is 17.0 Å². The third-order valence-corrected chi connectivity index (χ3v) is 4.02. The smallest absolute Gasteiger partial charge is 0.336 e. The molecule has 0 amide bonds. The Bertz CT molecular complexity index is 960. The SMILES string of the molecule is O=C(O)c1cc(-c2ccc(Cl)c(Cl)c2)nc2c(F)cc(F)cc12. The fourth-order valence-electron chi connectivity index (χ4n) is 2.23. The molecular weight excluding hydrogens is 347 g/mol. The van der Waals surface area contributed by atoms with Gasteiger partial charge in [0.15, 0.2) is 5.82 Å². The van der Waals surface area contributed by atoms with Crippen LogP contribution < -0.4 is 0 Å². The minimum Gasteiger partial charge on any atom is -0.478 e. The highest BCUT2D eigenvalue weighted by Gasteiger charge is 2.17. The molecule has 0 atom stereocenters. The maximum absolute atomic E-state index is 14.0. The van der Waals surface area contributed by atoms with Crippen molar-refractivity contribution in [1.82, 2.24) is 4.98 Å². The Morgan fingerprint density at radius 2 is 1.78 bits per heavy atom. The fraction of sp³-hybridized carbons (Fsp3) is 0. The topological polar surface area (TPSA) is 50.2 Å². The Kier molecular flexibility index (Phi) is 3.92. The van der Waals surface area contributed by atoms with Gasteiger partial charge in [-0.15, -0.1) is 0 Å². The van der Waals surface area contributed by atoms with E-state index < -0.39 is 17.6 Å². The standard InChI is InChI=1S/C16H7Cl2F2NO2/c17-11-2-1-7(3-12(11)18)14-6-10(16(22)23)9-4-8(19)5-13(20)15(9)21-14/h1-6H,(H,22,23). The molecule has 7 heteroatoms. The summed E-state index contributed by atoms with van der Waals surface area (Å²) in [6, 6.07) is 7.42. The van der Waals surface area contributed by atoms with Gasteiger partial charge in [0.05, 0.1) is 21.3 Å². The van der Waals surface area contributed by atoms with Crippen molar-refractivity contribution in [3.05, 3.63) is 63.6 Å². The van der Waals surface area contributed by atoms with Gasteiger partial charge >= 0.3 is 5.97 Å². The molecule has 0 bridgehead atoms. The lowest BCUT2D eigenvalue weighted by Gasteiger charge is -2.09. The molecule has 0 aliphatic heterocycles. The predicted molar refractivity (Wildman–Crippen MR) is 84.1 cm³/mol. The number of pyridine rings is 1. The zero-order chi connectivity index (χ0) is 16.7. The fourth-order valence-corrected chi connectivity index (χ4v) is 2.53. The Balaban J connectivity index is 2.34. The van der Waals surface area contributed by atoms with Crippen LogP contribution in [0.2, 0.25) is 10.0 Å². The number of carboxylic acids is 1. The van der Waals surface area contributed by atoms with Gasteiger partial charge in [0.2, 0.25) is 0 Å². The van der Waals surface area contributed by atoms with E-state index in [1.165, 1.54) is 18.2 Å². The van der Waals surface area contributed by atoms with E-state index in [4.69, 9.17) is 23.2 Å². The van der Waals surface area contributed by atoms with E-state index in [9.17, 15) is 18.7 Å². The molecule has 3 rings (SSSR count). The van der Waals surface area contributed by atoms with Crippen LogP contribution in [-0.4, -0.2) is 16.1 Å². The predicted octanol–water partition coefficient (Wildman–Crippen LogP) is 5.19. The van der Waals surface area contributed by atoms with E-state index in [2.05, 4.69) is 4.98 Å². The van der Waals surface area contributed by atoms with Crippen LogP contribution in [-0.2, 0) is 0 Å². The molecule has 0 aliphatic rings. The van der Waals surface area contributed by atoms with E-state index in [-0.39, 0.29) is 27.2 Å². The first-order valence-corrected chi connectivity index (χ1v) is 7.11. The summed E-state index contributed by atoms with van der Waals surface area (Å²) in [7, 11) is 0. The van der Waals surface area contributed by atoms with Gasteiger partial charge in [0.25, 0.3) is 0 Å². The van der Waals surface area contributed by atoms with E-state index in [0.29, 0.717) is 16.7 Å². The number of hydrogen-bond donors (Lipinski definition) is 1. The number of carboxylic acid groups (broad SMARTS) is 1. The van der Waals surface area contributed by atoms with Gasteiger partial charge in [-0.05, 0) is 24.3 Å². The third kappa shape index (κ3) is 2.85. The van der Waals surface area contributed by atoms with Crippen molar-refractivity contribution in [2.24, 2.45) is 0 Å². The molecule has 3 nitrogen and oxygen atoms in total. The zero-order valence-corrected chi connectivity index (χ0v) is 12.8. The molecule has 0 spiro atoms. The van der Waals surface area contributed by atoms with E-state index in [1.807, 2.05) is 0 Å². The van der Waals surface area contributed by atoms with E-state index >= 15 is 0 Å². The van der Waals surface area contributed by atoms with Gasteiger partial charge < -0.3 is 5.11 Å². The molecule has 23 heavy (non-hydrogen) atoms. The molecule has 116 valence electrons. The molecule has 0 fully saturated rings. The first kappa shape index (κ1) is 15.6. The van der Waals surface area contributed by atoms with Crippen molar-refractivity contribution < 1.29 is 18.7 Å². The lowest BCUT2D eigenvalue weighted by atomic mass is 10.0. The number of rotatable bonds is 2. The van der Waals surface area contributed by atoms with Crippen LogP contribution in [0.5, 0.6) is 0 Å². The van der Waals surface area contributed by atoms with Crippen LogP contribution >= 0.6 is 23.2 Å². The second-order valence-electron chi connectivity index (χ2n) is 4.77. The minimum atomic E-state index is -1.32. The molecule has 0 saturated carbocycles. The quantitative estimate of drug-likeness (QED) is 0.690. The Morgan fingerprint density at radius 3 is 2.43 bits per heavy atom. The molecule has 0 aliphatic carbocycles. The van der Waals surface area contributed by atoms with Crippen LogP contribution in [0.25, 0.3) is 22.2 Å². The van der Waals surface area contributed by atoms with Gasteiger partial charge in [-0.2, -0.15) is 0 Å². The summed E-state index contributed by atoms with van der Waals surface area (Å²) in [6.07, 6.45) is 0. The van der Waals surface area contributed by atoms with Crippen LogP contribution in [0.3, 0.4) is 0 Å². The van der Waals surface area contributed by atoms with Crippen molar-refractivity contribution in [2.45, 2.75) is 0 Å². The first-order valence-electron chi connectivity index (χ1n) is 6.35. The first-order chi connectivity index (χ1) is 10.9. The molecule has 1 N–H and O–H groups in total. The van der Waals surface area contributed by atoms with Gasteiger partial charge in [-0.3, -0.25) is 0 Å². The lowest BCUT2D eigenvalue weighted by Crippen LogP contribution is -2.02. The van der Waals surface area contributed by atoms with E-state index in [1.54, 1.807) is 6.07 Å². The molecule has 0 saturated heterocycles. The van der Waals surface area contributed by atoms with E-state index in [0.717, 1.165) is 6.07 Å². The van der Waals surface area contributed by atoms with Gasteiger partial charge in [-0.25, -0.2) is 18.6 Å². The zero-order valence-electron chi connectivity index (χ0n) is 11.3. The molecule has 1 aromatic heterocycles. The summed E-state index contributed by atoms with van der Waals surface area (Å²) in [5.41, 5.74) is 0.174. The monoisotopic (exact) mass is 353 g/mol. The average Bonchev–Trinajstić information content (AvgIpc) is 2.49. The van der Waals surface area contributed by atoms with Crippen molar-refractivity contribution >= 4 is 40.1 Å². The summed E-state index contributed by atoms with van der Waals surface area (Å²) >= 11 is 11.8. The van der Waals surface area contributed by atoms with Crippen molar-refractivity contribution in [3.63, 3.8) is 0 Å². The van der Waals surface area contributed by atoms with Crippen LogP contribution in [0, 0.1) is 11.6 Å². The highest BCUT2D eigenvalue weighted by molar-refractivity contribution is 6.42. The number of nitrogens with zero attached hydrogens (tertiary/aromatic N) is 1. The van der Waals surface area contributed by atoms with Gasteiger partial charge in [0.1, 0.15) is 11.3 Å². The molecule has 2 aromatic carbocycles. The third-order valence-electron chi connectivity index (χ3n) is 3.28. The maximum Gasteiger partial charge on any atom is 0.336 e. The molecule has 0 radical (unpaired) electrons. The molecular formula is C16H7Cl2F2NO2. The number of aromatic nitrogens is 1. The molecule has 1 heterocycles.